The topological polar surface area (TPSA) is 108 Å². The van der Waals surface area contributed by atoms with E-state index < -0.39 is 17.8 Å². The molecule has 1 N–H and O–H groups in total. The summed E-state index contributed by atoms with van der Waals surface area (Å²) in [6, 6.07) is 6.41. The summed E-state index contributed by atoms with van der Waals surface area (Å²) in [6.45, 7) is -0.208. The largest absolute Gasteiger partial charge is 0.443 e. The second kappa shape index (κ2) is 7.13. The van der Waals surface area contributed by atoms with Crippen molar-refractivity contribution in [2.24, 2.45) is 0 Å². The van der Waals surface area contributed by atoms with E-state index in [0.717, 1.165) is 12.3 Å². The van der Waals surface area contributed by atoms with Crippen molar-refractivity contribution in [3.05, 3.63) is 54.1 Å². The lowest BCUT2D eigenvalue weighted by molar-refractivity contribution is -0.137. The molecule has 0 spiro atoms. The number of halogens is 3. The number of aromatic nitrogens is 6. The van der Waals surface area contributed by atoms with Gasteiger partial charge in [-0.15, -0.1) is 5.10 Å². The van der Waals surface area contributed by atoms with Gasteiger partial charge < -0.3 is 4.74 Å². The highest BCUT2D eigenvalue weighted by molar-refractivity contribution is 5.83. The van der Waals surface area contributed by atoms with Gasteiger partial charge in [0, 0.05) is 6.20 Å². The fourth-order valence-electron chi connectivity index (χ4n) is 1.90. The number of nitrogens with one attached hydrogen (secondary N) is 1. The van der Waals surface area contributed by atoms with Crippen LogP contribution in [0.4, 0.5) is 23.8 Å². The Morgan fingerprint density at radius 3 is 2.85 bits per heavy atom. The molecule has 0 bridgehead atoms. The number of ether oxygens (including phenoxy) is 1. The summed E-state index contributed by atoms with van der Waals surface area (Å²) in [5.74, 6) is 0.135. The standard InChI is InChI=1S/C14H10F3N7O2/c15-14(16,17)9-4-5-18-11(6-9)21-13(25)26-7-10-2-1-3-12(20-10)24-8-19-22-23-24/h1-6,8H,7H2,(H,18,21,25). The Morgan fingerprint density at radius 1 is 1.27 bits per heavy atom. The smallest absolute Gasteiger partial charge is 0.416 e. The monoisotopic (exact) mass is 365 g/mol. The molecule has 3 aromatic rings. The van der Waals surface area contributed by atoms with Gasteiger partial charge in [0.15, 0.2) is 5.82 Å². The van der Waals surface area contributed by atoms with Crippen molar-refractivity contribution < 1.29 is 22.7 Å². The first-order valence-electron chi connectivity index (χ1n) is 7.08. The van der Waals surface area contributed by atoms with Crippen LogP contribution in [-0.2, 0) is 17.5 Å². The normalized spacial score (nSPS) is 11.2. The van der Waals surface area contributed by atoms with Gasteiger partial charge in [0.2, 0.25) is 0 Å². The highest BCUT2D eigenvalue weighted by Gasteiger charge is 2.30. The van der Waals surface area contributed by atoms with Crippen LogP contribution in [0.1, 0.15) is 11.3 Å². The summed E-state index contributed by atoms with van der Waals surface area (Å²) < 4.78 is 44.2. The minimum Gasteiger partial charge on any atom is -0.443 e. The number of carbonyl (C=O) groups is 1. The Balaban J connectivity index is 1.60. The van der Waals surface area contributed by atoms with E-state index in [9.17, 15) is 18.0 Å². The molecule has 0 fully saturated rings. The van der Waals surface area contributed by atoms with Gasteiger partial charge >= 0.3 is 12.3 Å². The van der Waals surface area contributed by atoms with Gasteiger partial charge in [0.1, 0.15) is 18.8 Å². The second-order valence-electron chi connectivity index (χ2n) is 4.87. The summed E-state index contributed by atoms with van der Waals surface area (Å²) in [6.07, 6.45) is -3.22. The van der Waals surface area contributed by atoms with E-state index in [1.54, 1.807) is 18.2 Å². The molecule has 0 unspecified atom stereocenters. The molecule has 3 rings (SSSR count). The molecular weight excluding hydrogens is 355 g/mol. The number of tetrazole rings is 1. The zero-order chi connectivity index (χ0) is 18.6. The average molecular weight is 365 g/mol. The molecule has 0 atom stereocenters. The van der Waals surface area contributed by atoms with Gasteiger partial charge in [0.05, 0.1) is 11.3 Å². The molecule has 0 aromatic carbocycles. The zero-order valence-corrected chi connectivity index (χ0v) is 12.9. The van der Waals surface area contributed by atoms with Crippen LogP contribution in [0, 0.1) is 0 Å². The number of rotatable bonds is 4. The Bertz CT molecular complexity index is 900. The van der Waals surface area contributed by atoms with E-state index in [0.29, 0.717) is 17.6 Å². The third kappa shape index (κ3) is 4.28. The number of pyridine rings is 2. The van der Waals surface area contributed by atoms with Crippen LogP contribution in [0.15, 0.2) is 42.9 Å². The molecule has 26 heavy (non-hydrogen) atoms. The molecular formula is C14H10F3N7O2. The molecule has 3 heterocycles. The maximum absolute atomic E-state index is 12.6. The van der Waals surface area contributed by atoms with Crippen molar-refractivity contribution in [2.45, 2.75) is 12.8 Å². The fraction of sp³-hybridized carbons (Fsp3) is 0.143. The first-order valence-corrected chi connectivity index (χ1v) is 7.08. The predicted molar refractivity (Wildman–Crippen MR) is 80.0 cm³/mol. The summed E-state index contributed by atoms with van der Waals surface area (Å²) >= 11 is 0. The molecule has 3 aromatic heterocycles. The lowest BCUT2D eigenvalue weighted by Gasteiger charge is -2.09. The number of alkyl halides is 3. The SMILES string of the molecule is O=C(Nc1cc(C(F)(F)F)ccn1)OCc1cccc(-n2cnnn2)n1. The molecule has 1 amide bonds. The minimum atomic E-state index is -4.54. The van der Waals surface area contributed by atoms with Gasteiger partial charge in [0.25, 0.3) is 0 Å². The number of amides is 1. The van der Waals surface area contributed by atoms with Gasteiger partial charge in [-0.3, -0.25) is 5.32 Å². The number of nitrogens with zero attached hydrogens (tertiary/aromatic N) is 6. The molecule has 9 nitrogen and oxygen atoms in total. The van der Waals surface area contributed by atoms with Gasteiger partial charge in [-0.2, -0.15) is 17.9 Å². The molecule has 0 aliphatic heterocycles. The minimum absolute atomic E-state index is 0.208. The first kappa shape index (κ1) is 17.3. The molecule has 12 heteroatoms. The number of hydrogen-bond acceptors (Lipinski definition) is 7. The third-order valence-electron chi connectivity index (χ3n) is 3.04. The van der Waals surface area contributed by atoms with E-state index in [-0.39, 0.29) is 12.4 Å². The van der Waals surface area contributed by atoms with Crippen LogP contribution in [0.5, 0.6) is 0 Å². The fourth-order valence-corrected chi connectivity index (χ4v) is 1.90. The van der Waals surface area contributed by atoms with Crippen LogP contribution in [0.2, 0.25) is 0 Å². The van der Waals surface area contributed by atoms with Crippen molar-refractivity contribution in [2.75, 3.05) is 5.32 Å². The molecule has 0 saturated heterocycles. The molecule has 0 aliphatic carbocycles. The van der Waals surface area contributed by atoms with E-state index >= 15 is 0 Å². The van der Waals surface area contributed by atoms with E-state index in [2.05, 4.69) is 30.8 Å². The summed E-state index contributed by atoms with van der Waals surface area (Å²) in [7, 11) is 0. The van der Waals surface area contributed by atoms with Crippen molar-refractivity contribution in [3.63, 3.8) is 0 Å². The molecule has 0 saturated carbocycles. The quantitative estimate of drug-likeness (QED) is 0.755. The first-order chi connectivity index (χ1) is 12.4. The Kier molecular flexibility index (Phi) is 4.73. The highest BCUT2D eigenvalue weighted by Crippen LogP contribution is 2.29. The van der Waals surface area contributed by atoms with Crippen molar-refractivity contribution in [1.29, 1.82) is 0 Å². The van der Waals surface area contributed by atoms with Gasteiger partial charge in [-0.1, -0.05) is 6.07 Å². The van der Waals surface area contributed by atoms with Crippen molar-refractivity contribution in [3.8, 4) is 5.82 Å². The van der Waals surface area contributed by atoms with E-state index in [4.69, 9.17) is 4.74 Å². The maximum Gasteiger partial charge on any atom is 0.416 e. The van der Waals surface area contributed by atoms with Crippen LogP contribution < -0.4 is 5.32 Å². The van der Waals surface area contributed by atoms with Crippen LogP contribution in [0.25, 0.3) is 5.82 Å². The summed E-state index contributed by atoms with van der Waals surface area (Å²) in [4.78, 5) is 19.6. The summed E-state index contributed by atoms with van der Waals surface area (Å²) in [5, 5.41) is 12.8. The Hall–Kier alpha value is -3.57. The predicted octanol–water partition coefficient (Wildman–Crippen LogP) is 2.22. The Labute approximate surface area is 143 Å². The number of anilines is 1. The van der Waals surface area contributed by atoms with Crippen LogP contribution in [0.3, 0.4) is 0 Å². The molecule has 134 valence electrons. The van der Waals surface area contributed by atoms with E-state index in [1.807, 2.05) is 0 Å². The lowest BCUT2D eigenvalue weighted by atomic mass is 10.2. The Morgan fingerprint density at radius 2 is 2.12 bits per heavy atom. The van der Waals surface area contributed by atoms with Crippen molar-refractivity contribution in [1.82, 2.24) is 30.2 Å². The number of hydrogen-bond donors (Lipinski definition) is 1. The van der Waals surface area contributed by atoms with Gasteiger partial charge in [-0.05, 0) is 34.7 Å². The number of carbonyl (C=O) groups excluding carboxylic acids is 1. The maximum atomic E-state index is 12.6. The molecule has 0 aliphatic rings. The highest BCUT2D eigenvalue weighted by atomic mass is 19.4. The van der Waals surface area contributed by atoms with E-state index in [1.165, 1.54) is 11.0 Å². The second-order valence-corrected chi connectivity index (χ2v) is 4.87. The lowest BCUT2D eigenvalue weighted by Crippen LogP contribution is -2.16. The van der Waals surface area contributed by atoms with Crippen molar-refractivity contribution >= 4 is 11.9 Å². The summed E-state index contributed by atoms with van der Waals surface area (Å²) in [5.41, 5.74) is -0.538. The van der Waals surface area contributed by atoms with Crippen LogP contribution in [-0.4, -0.2) is 36.3 Å². The zero-order valence-electron chi connectivity index (χ0n) is 12.9. The third-order valence-corrected chi connectivity index (χ3v) is 3.04. The van der Waals surface area contributed by atoms with Gasteiger partial charge in [-0.25, -0.2) is 14.8 Å². The average Bonchev–Trinajstić information content (AvgIpc) is 3.14. The molecule has 0 radical (unpaired) electrons. The van der Waals surface area contributed by atoms with Crippen LogP contribution >= 0.6 is 0 Å².